The number of nitrogens with one attached hydrogen (secondary N) is 3. The van der Waals surface area contributed by atoms with Crippen LogP contribution in [0.1, 0.15) is 31.7 Å². The minimum Gasteiger partial charge on any atom is -0.461 e. The van der Waals surface area contributed by atoms with Gasteiger partial charge in [0.15, 0.2) is 11.7 Å². The number of guanidine groups is 1. The number of hydrogen-bond acceptors (Lipinski definition) is 5. The van der Waals surface area contributed by atoms with E-state index in [1.165, 1.54) is 5.56 Å². The third kappa shape index (κ3) is 5.73. The topological polar surface area (TPSA) is 94.4 Å². The number of hydrogen-bond donors (Lipinski definition) is 3. The van der Waals surface area contributed by atoms with Crippen LogP contribution in [0.25, 0.3) is 11.6 Å². The molecular formula is C23H31N7O. The smallest absolute Gasteiger partial charge is 0.216 e. The van der Waals surface area contributed by atoms with Gasteiger partial charge in [-0.2, -0.15) is 5.10 Å². The maximum atomic E-state index is 5.34. The third-order valence-corrected chi connectivity index (χ3v) is 5.51. The van der Waals surface area contributed by atoms with Gasteiger partial charge in [-0.05, 0) is 38.0 Å². The first-order valence-electron chi connectivity index (χ1n) is 11.0. The summed E-state index contributed by atoms with van der Waals surface area (Å²) in [4.78, 5) is 11.8. The molecule has 1 aliphatic heterocycles. The van der Waals surface area contributed by atoms with E-state index in [9.17, 15) is 0 Å². The second-order valence-corrected chi connectivity index (χ2v) is 7.93. The maximum Gasteiger partial charge on any atom is 0.216 e. The first-order chi connectivity index (χ1) is 15.2. The molecule has 8 nitrogen and oxygen atoms in total. The Kier molecular flexibility index (Phi) is 6.99. The first kappa shape index (κ1) is 21.1. The number of aliphatic imine (C=N–C) groups is 1. The first-order valence-corrected chi connectivity index (χ1v) is 11.0. The lowest BCUT2D eigenvalue weighted by atomic mass is 10.2. The highest BCUT2D eigenvalue weighted by atomic mass is 16.3. The fourth-order valence-corrected chi connectivity index (χ4v) is 3.95. The van der Waals surface area contributed by atoms with E-state index >= 15 is 0 Å². The summed E-state index contributed by atoms with van der Waals surface area (Å²) in [6.07, 6.45) is 3.41. The largest absolute Gasteiger partial charge is 0.461 e. The number of likely N-dealkylation sites (tertiary alicyclic amines) is 1. The Morgan fingerprint density at radius 3 is 2.90 bits per heavy atom. The number of furan rings is 1. The van der Waals surface area contributed by atoms with Crippen molar-refractivity contribution in [1.82, 2.24) is 30.7 Å². The van der Waals surface area contributed by atoms with E-state index in [-0.39, 0.29) is 0 Å². The Morgan fingerprint density at radius 2 is 2.13 bits per heavy atom. The van der Waals surface area contributed by atoms with Gasteiger partial charge in [-0.15, -0.1) is 0 Å². The Labute approximate surface area is 183 Å². The zero-order valence-corrected chi connectivity index (χ0v) is 18.2. The van der Waals surface area contributed by atoms with E-state index in [1.807, 2.05) is 12.1 Å². The molecule has 1 aliphatic rings. The molecule has 4 rings (SSSR count). The van der Waals surface area contributed by atoms with Crippen molar-refractivity contribution in [2.45, 2.75) is 45.3 Å². The normalized spacial score (nSPS) is 19.6. The molecule has 0 amide bonds. The molecule has 3 heterocycles. The van der Waals surface area contributed by atoms with Crippen molar-refractivity contribution >= 4 is 5.96 Å². The predicted molar refractivity (Wildman–Crippen MR) is 122 cm³/mol. The second kappa shape index (κ2) is 10.3. The minimum absolute atomic E-state index is 0.382. The summed E-state index contributed by atoms with van der Waals surface area (Å²) in [6, 6.07) is 15.3. The molecule has 0 saturated carbocycles. The molecule has 2 aromatic heterocycles. The molecule has 1 aromatic carbocycles. The molecule has 164 valence electrons. The highest BCUT2D eigenvalue weighted by Crippen LogP contribution is 2.20. The Morgan fingerprint density at radius 1 is 1.26 bits per heavy atom. The molecule has 0 spiro atoms. The number of benzene rings is 1. The van der Waals surface area contributed by atoms with Crippen LogP contribution in [0.3, 0.4) is 0 Å². The van der Waals surface area contributed by atoms with Gasteiger partial charge >= 0.3 is 0 Å². The zero-order valence-electron chi connectivity index (χ0n) is 18.2. The van der Waals surface area contributed by atoms with E-state index in [0.29, 0.717) is 36.6 Å². The lowest BCUT2D eigenvalue weighted by molar-refractivity contribution is 0.258. The van der Waals surface area contributed by atoms with Gasteiger partial charge in [0.25, 0.3) is 0 Å². The molecule has 1 saturated heterocycles. The van der Waals surface area contributed by atoms with Crippen LogP contribution in [-0.4, -0.2) is 57.8 Å². The van der Waals surface area contributed by atoms with Gasteiger partial charge in [-0.1, -0.05) is 30.3 Å². The van der Waals surface area contributed by atoms with Gasteiger partial charge < -0.3 is 15.1 Å². The van der Waals surface area contributed by atoms with E-state index in [4.69, 9.17) is 9.41 Å². The van der Waals surface area contributed by atoms with Crippen molar-refractivity contribution < 1.29 is 4.42 Å². The van der Waals surface area contributed by atoms with Crippen LogP contribution in [0.2, 0.25) is 0 Å². The second-order valence-electron chi connectivity index (χ2n) is 7.93. The zero-order chi connectivity index (χ0) is 21.5. The van der Waals surface area contributed by atoms with Crippen LogP contribution in [0.5, 0.6) is 0 Å². The lowest BCUT2D eigenvalue weighted by Crippen LogP contribution is -2.44. The van der Waals surface area contributed by atoms with Gasteiger partial charge in [-0.25, -0.2) is 4.98 Å². The van der Waals surface area contributed by atoms with E-state index in [2.05, 4.69) is 74.9 Å². The summed E-state index contributed by atoms with van der Waals surface area (Å²) in [6.45, 7) is 7.83. The molecule has 31 heavy (non-hydrogen) atoms. The third-order valence-electron chi connectivity index (χ3n) is 5.51. The molecule has 0 aliphatic carbocycles. The Bertz CT molecular complexity index is 951. The number of aromatic amines is 1. The average Bonchev–Trinajstić information content (AvgIpc) is 3.51. The Hall–Kier alpha value is -3.13. The lowest BCUT2D eigenvalue weighted by Gasteiger charge is -2.21. The maximum absolute atomic E-state index is 5.34. The van der Waals surface area contributed by atoms with Crippen LogP contribution >= 0.6 is 0 Å². The number of rotatable bonds is 8. The van der Waals surface area contributed by atoms with Crippen molar-refractivity contribution in [3.8, 4) is 11.6 Å². The summed E-state index contributed by atoms with van der Waals surface area (Å²) < 4.78 is 5.34. The SMILES string of the molecule is CCNC(=NCCc1nc(-c2ccco2)n[nH]1)NC1CC(C)N(Cc2ccccc2)C1. The van der Waals surface area contributed by atoms with Crippen LogP contribution in [0.15, 0.2) is 58.1 Å². The van der Waals surface area contributed by atoms with Crippen molar-refractivity contribution in [3.63, 3.8) is 0 Å². The number of aromatic nitrogens is 3. The fraction of sp³-hybridized carbons (Fsp3) is 0.435. The van der Waals surface area contributed by atoms with Gasteiger partial charge in [0.2, 0.25) is 5.82 Å². The van der Waals surface area contributed by atoms with Crippen molar-refractivity contribution in [3.05, 3.63) is 60.1 Å². The predicted octanol–water partition coefficient (Wildman–Crippen LogP) is 2.83. The molecule has 2 unspecified atom stereocenters. The summed E-state index contributed by atoms with van der Waals surface area (Å²) in [5.41, 5.74) is 1.36. The highest BCUT2D eigenvalue weighted by molar-refractivity contribution is 5.80. The summed E-state index contributed by atoms with van der Waals surface area (Å²) in [5, 5.41) is 14.2. The van der Waals surface area contributed by atoms with Gasteiger partial charge in [-0.3, -0.25) is 15.0 Å². The summed E-state index contributed by atoms with van der Waals surface area (Å²) >= 11 is 0. The van der Waals surface area contributed by atoms with Crippen molar-refractivity contribution in [2.24, 2.45) is 4.99 Å². The minimum atomic E-state index is 0.382. The summed E-state index contributed by atoms with van der Waals surface area (Å²) in [7, 11) is 0. The van der Waals surface area contributed by atoms with E-state index in [0.717, 1.165) is 37.8 Å². The fourth-order valence-electron chi connectivity index (χ4n) is 3.95. The van der Waals surface area contributed by atoms with Gasteiger partial charge in [0, 0.05) is 44.7 Å². The van der Waals surface area contributed by atoms with E-state index < -0.39 is 0 Å². The van der Waals surface area contributed by atoms with Crippen molar-refractivity contribution in [2.75, 3.05) is 19.6 Å². The monoisotopic (exact) mass is 421 g/mol. The molecule has 0 bridgehead atoms. The molecule has 3 N–H and O–H groups in total. The van der Waals surface area contributed by atoms with Gasteiger partial charge in [0.1, 0.15) is 5.82 Å². The standard InChI is InChI=1S/C23H31N7O/c1-3-24-23(25-12-11-21-27-22(29-28-21)20-10-7-13-31-20)26-19-14-17(2)30(16-19)15-18-8-5-4-6-9-18/h4-10,13,17,19H,3,11-12,14-16H2,1-2H3,(H2,24,25,26)(H,27,28,29). The number of H-pyrrole nitrogens is 1. The summed E-state index contributed by atoms with van der Waals surface area (Å²) in [5.74, 6) is 2.89. The molecule has 1 fully saturated rings. The van der Waals surface area contributed by atoms with E-state index in [1.54, 1.807) is 6.26 Å². The molecule has 2 atom stereocenters. The quantitative estimate of drug-likeness (QED) is 0.382. The molecule has 8 heteroatoms. The molecule has 3 aromatic rings. The molecule has 0 radical (unpaired) electrons. The van der Waals surface area contributed by atoms with Crippen LogP contribution < -0.4 is 10.6 Å². The van der Waals surface area contributed by atoms with Crippen LogP contribution in [0.4, 0.5) is 0 Å². The average molecular weight is 422 g/mol. The Balaban J connectivity index is 1.30. The van der Waals surface area contributed by atoms with Crippen LogP contribution in [-0.2, 0) is 13.0 Å². The van der Waals surface area contributed by atoms with Crippen LogP contribution in [0, 0.1) is 0 Å². The molecular weight excluding hydrogens is 390 g/mol. The highest BCUT2D eigenvalue weighted by Gasteiger charge is 2.29. The van der Waals surface area contributed by atoms with Gasteiger partial charge in [0.05, 0.1) is 6.26 Å². The van der Waals surface area contributed by atoms with Crippen molar-refractivity contribution in [1.29, 1.82) is 0 Å². The number of nitrogens with zero attached hydrogens (tertiary/aromatic N) is 4.